The van der Waals surface area contributed by atoms with Crippen LogP contribution in [0.5, 0.6) is 5.75 Å². The molecule has 7 nitrogen and oxygen atoms in total. The van der Waals surface area contributed by atoms with Crippen LogP contribution in [-0.4, -0.2) is 46.9 Å². The van der Waals surface area contributed by atoms with Gasteiger partial charge in [0.1, 0.15) is 11.8 Å². The fourth-order valence-electron chi connectivity index (χ4n) is 2.81. The molecule has 1 fully saturated rings. The average Bonchev–Trinajstić information content (AvgIpc) is 3.22. The van der Waals surface area contributed by atoms with Gasteiger partial charge < -0.3 is 9.64 Å². The zero-order valence-corrected chi connectivity index (χ0v) is 16.2. The molecule has 1 heterocycles. The number of benzene rings is 2. The first kappa shape index (κ1) is 19.8. The van der Waals surface area contributed by atoms with E-state index < -0.39 is 17.9 Å². The Kier molecular flexibility index (Phi) is 6.54. The van der Waals surface area contributed by atoms with Crippen molar-refractivity contribution in [2.75, 3.05) is 18.2 Å². The molecular formula is C20H21N3O4S. The van der Waals surface area contributed by atoms with Gasteiger partial charge >= 0.3 is 0 Å². The molecular weight excluding hydrogens is 378 g/mol. The summed E-state index contributed by atoms with van der Waals surface area (Å²) in [6.45, 7) is 1.17. The molecule has 1 aliphatic rings. The Hall–Kier alpha value is -3.00. The summed E-state index contributed by atoms with van der Waals surface area (Å²) in [7, 11) is 0. The Morgan fingerprint density at radius 1 is 1.07 bits per heavy atom. The first-order valence-corrected chi connectivity index (χ1v) is 9.92. The maximum Gasteiger partial charge on any atom is 0.276 e. The fourth-order valence-corrected chi connectivity index (χ4v) is 4.03. The Balaban J connectivity index is 1.53. The second-order valence-corrected chi connectivity index (χ2v) is 7.19. The minimum atomic E-state index is -0.581. The number of nitrogens with one attached hydrogen (secondary N) is 2. The molecule has 3 amide bonds. The van der Waals surface area contributed by atoms with Crippen LogP contribution in [0.2, 0.25) is 0 Å². The molecule has 1 aliphatic heterocycles. The highest BCUT2D eigenvalue weighted by Crippen LogP contribution is 2.29. The summed E-state index contributed by atoms with van der Waals surface area (Å²) >= 11 is 1.50. The minimum absolute atomic E-state index is 0.169. The molecule has 28 heavy (non-hydrogen) atoms. The van der Waals surface area contributed by atoms with E-state index in [4.69, 9.17) is 4.74 Å². The normalized spacial score (nSPS) is 15.8. The van der Waals surface area contributed by atoms with Crippen LogP contribution in [0.15, 0.2) is 54.6 Å². The molecule has 1 atom stereocenters. The summed E-state index contributed by atoms with van der Waals surface area (Å²) < 4.78 is 5.64. The van der Waals surface area contributed by atoms with E-state index in [1.807, 2.05) is 48.5 Å². The minimum Gasteiger partial charge on any atom is -0.483 e. The fraction of sp³-hybridized carbons (Fsp3) is 0.250. The zero-order chi connectivity index (χ0) is 19.9. The Bertz CT molecular complexity index is 860. The monoisotopic (exact) mass is 399 g/mol. The lowest BCUT2D eigenvalue weighted by Gasteiger charge is -2.21. The Morgan fingerprint density at radius 2 is 1.79 bits per heavy atom. The van der Waals surface area contributed by atoms with Gasteiger partial charge in [0.15, 0.2) is 6.61 Å². The number of carbonyl (C=O) groups is 3. The summed E-state index contributed by atoms with van der Waals surface area (Å²) in [6, 6.07) is 16.6. The number of hydrazine groups is 1. The van der Waals surface area contributed by atoms with Crippen LogP contribution >= 0.6 is 11.8 Å². The highest BCUT2D eigenvalue weighted by Gasteiger charge is 2.33. The molecule has 2 N–H and O–H groups in total. The quantitative estimate of drug-likeness (QED) is 0.749. The SMILES string of the molecule is CC(=O)N1CSC[C@H]1C(=O)NNC(=O)COc1ccccc1-c1ccccc1. The van der Waals surface area contributed by atoms with E-state index in [1.165, 1.54) is 23.6 Å². The Morgan fingerprint density at radius 3 is 2.54 bits per heavy atom. The molecule has 0 saturated carbocycles. The largest absolute Gasteiger partial charge is 0.483 e. The third-order valence-corrected chi connectivity index (χ3v) is 5.26. The third kappa shape index (κ3) is 4.83. The topological polar surface area (TPSA) is 87.7 Å². The molecule has 2 aromatic carbocycles. The van der Waals surface area contributed by atoms with Gasteiger partial charge in [0, 0.05) is 18.2 Å². The highest BCUT2D eigenvalue weighted by atomic mass is 32.2. The van der Waals surface area contributed by atoms with E-state index in [-0.39, 0.29) is 12.5 Å². The van der Waals surface area contributed by atoms with Crippen LogP contribution in [0.3, 0.4) is 0 Å². The summed E-state index contributed by atoms with van der Waals surface area (Å²) in [5, 5.41) is 0. The van der Waals surface area contributed by atoms with Crippen molar-refractivity contribution in [3.8, 4) is 16.9 Å². The molecule has 0 radical (unpaired) electrons. The van der Waals surface area contributed by atoms with Crippen LogP contribution in [0.1, 0.15) is 6.92 Å². The number of hydrogen-bond donors (Lipinski definition) is 2. The molecule has 3 rings (SSSR count). The second kappa shape index (κ2) is 9.27. The number of thioether (sulfide) groups is 1. The van der Waals surface area contributed by atoms with Gasteiger partial charge in [-0.3, -0.25) is 25.2 Å². The molecule has 0 aliphatic carbocycles. The number of rotatable bonds is 5. The lowest BCUT2D eigenvalue weighted by Crippen LogP contribution is -2.52. The van der Waals surface area contributed by atoms with Gasteiger partial charge in [-0.25, -0.2) is 0 Å². The van der Waals surface area contributed by atoms with E-state index in [9.17, 15) is 14.4 Å². The van der Waals surface area contributed by atoms with Gasteiger partial charge in [-0.05, 0) is 11.6 Å². The first-order chi connectivity index (χ1) is 13.6. The van der Waals surface area contributed by atoms with E-state index >= 15 is 0 Å². The number of nitrogens with zero attached hydrogens (tertiary/aromatic N) is 1. The summed E-state index contributed by atoms with van der Waals surface area (Å²) in [4.78, 5) is 37.3. The number of amides is 3. The van der Waals surface area contributed by atoms with Crippen molar-refractivity contribution < 1.29 is 19.1 Å². The molecule has 0 bridgehead atoms. The molecule has 0 aromatic heterocycles. The second-order valence-electron chi connectivity index (χ2n) is 6.19. The van der Waals surface area contributed by atoms with Gasteiger partial charge in [0.05, 0.1) is 5.88 Å². The van der Waals surface area contributed by atoms with Gasteiger partial charge in [-0.2, -0.15) is 0 Å². The van der Waals surface area contributed by atoms with Crippen LogP contribution in [0.25, 0.3) is 11.1 Å². The number of ether oxygens (including phenoxy) is 1. The summed E-state index contributed by atoms with van der Waals surface area (Å²) in [5.74, 6) is 0.472. The number of para-hydroxylation sites is 1. The van der Waals surface area contributed by atoms with Crippen molar-refractivity contribution in [1.82, 2.24) is 15.8 Å². The third-order valence-electron chi connectivity index (χ3n) is 4.25. The first-order valence-electron chi connectivity index (χ1n) is 8.77. The predicted molar refractivity (Wildman–Crippen MR) is 107 cm³/mol. The number of hydrogen-bond acceptors (Lipinski definition) is 5. The zero-order valence-electron chi connectivity index (χ0n) is 15.4. The van der Waals surface area contributed by atoms with Crippen LogP contribution < -0.4 is 15.6 Å². The lowest BCUT2D eigenvalue weighted by molar-refractivity contribution is -0.138. The van der Waals surface area contributed by atoms with Crippen LogP contribution in [-0.2, 0) is 14.4 Å². The summed E-state index contributed by atoms with van der Waals surface area (Å²) in [5.41, 5.74) is 6.56. The van der Waals surface area contributed by atoms with E-state index in [1.54, 1.807) is 6.07 Å². The Labute approximate surface area is 167 Å². The molecule has 0 unspecified atom stereocenters. The van der Waals surface area contributed by atoms with Crippen molar-refractivity contribution >= 4 is 29.5 Å². The highest BCUT2D eigenvalue weighted by molar-refractivity contribution is 7.99. The maximum atomic E-state index is 12.2. The smallest absolute Gasteiger partial charge is 0.276 e. The van der Waals surface area contributed by atoms with Crippen molar-refractivity contribution in [2.24, 2.45) is 0 Å². The molecule has 2 aromatic rings. The van der Waals surface area contributed by atoms with Crippen molar-refractivity contribution in [1.29, 1.82) is 0 Å². The predicted octanol–water partition coefficient (Wildman–Crippen LogP) is 1.80. The van der Waals surface area contributed by atoms with Crippen molar-refractivity contribution in [3.05, 3.63) is 54.6 Å². The van der Waals surface area contributed by atoms with Gasteiger partial charge in [-0.15, -0.1) is 11.8 Å². The standard InChI is InChI=1S/C20H21N3O4S/c1-14(24)23-13-28-12-17(23)20(26)22-21-19(25)11-27-18-10-6-5-9-16(18)15-7-3-2-4-8-15/h2-10,17H,11-13H2,1H3,(H,21,25)(H,22,26)/t17-/m0/s1. The van der Waals surface area contributed by atoms with Crippen LogP contribution in [0.4, 0.5) is 0 Å². The average molecular weight is 399 g/mol. The van der Waals surface area contributed by atoms with Crippen molar-refractivity contribution in [3.63, 3.8) is 0 Å². The van der Waals surface area contributed by atoms with E-state index in [0.717, 1.165) is 11.1 Å². The van der Waals surface area contributed by atoms with Crippen molar-refractivity contribution in [2.45, 2.75) is 13.0 Å². The van der Waals surface area contributed by atoms with Gasteiger partial charge in [0.2, 0.25) is 5.91 Å². The molecule has 0 spiro atoms. The lowest BCUT2D eigenvalue weighted by atomic mass is 10.1. The van der Waals surface area contributed by atoms with Gasteiger partial charge in [-0.1, -0.05) is 48.5 Å². The van der Waals surface area contributed by atoms with Crippen LogP contribution in [0, 0.1) is 0 Å². The maximum absolute atomic E-state index is 12.2. The summed E-state index contributed by atoms with van der Waals surface area (Å²) in [6.07, 6.45) is 0. The molecule has 1 saturated heterocycles. The van der Waals surface area contributed by atoms with Gasteiger partial charge in [0.25, 0.3) is 11.8 Å². The number of carbonyl (C=O) groups excluding carboxylic acids is 3. The molecule has 8 heteroatoms. The van der Waals surface area contributed by atoms with E-state index in [0.29, 0.717) is 17.4 Å². The molecule has 146 valence electrons. The van der Waals surface area contributed by atoms with E-state index in [2.05, 4.69) is 10.9 Å².